The van der Waals surface area contributed by atoms with Crippen molar-refractivity contribution in [2.75, 3.05) is 26.2 Å². The van der Waals surface area contributed by atoms with E-state index < -0.39 is 10.0 Å². The van der Waals surface area contributed by atoms with E-state index in [0.717, 1.165) is 18.7 Å². The van der Waals surface area contributed by atoms with Crippen LogP contribution >= 0.6 is 0 Å². The van der Waals surface area contributed by atoms with Crippen LogP contribution < -0.4 is 14.9 Å². The molecule has 1 fully saturated rings. The Morgan fingerprint density at radius 2 is 1.79 bits per heavy atom. The minimum atomic E-state index is -3.54. The molecule has 1 amide bonds. The number of rotatable bonds is 7. The minimum absolute atomic E-state index is 0.0195. The first kappa shape index (κ1) is 18.9. The number of likely N-dealkylation sites (tertiary alicyclic amines) is 1. The lowest BCUT2D eigenvalue weighted by Crippen LogP contribution is -3.14. The maximum absolute atomic E-state index is 12.2. The van der Waals surface area contributed by atoms with E-state index in [9.17, 15) is 13.2 Å². The van der Waals surface area contributed by atoms with E-state index in [1.807, 2.05) is 6.92 Å². The van der Waals surface area contributed by atoms with Crippen LogP contribution in [0.2, 0.25) is 0 Å². The highest BCUT2D eigenvalue weighted by Crippen LogP contribution is 2.09. The van der Waals surface area contributed by atoms with E-state index in [4.69, 9.17) is 0 Å². The maximum atomic E-state index is 12.2. The van der Waals surface area contributed by atoms with Crippen LogP contribution in [-0.2, 0) is 14.8 Å². The molecule has 1 aliphatic rings. The number of hydrogen-bond acceptors (Lipinski definition) is 3. The first-order valence-corrected chi connectivity index (χ1v) is 10.0. The lowest BCUT2D eigenvalue weighted by Gasteiger charge is -2.23. The molecule has 0 spiro atoms. The molecule has 0 aromatic heterocycles. The number of quaternary nitrogens is 1. The molecule has 0 saturated carbocycles. The van der Waals surface area contributed by atoms with Gasteiger partial charge in [-0.05, 0) is 45.2 Å². The predicted octanol–water partition coefficient (Wildman–Crippen LogP) is -0.153. The largest absolute Gasteiger partial charge is 0.347 e. The molecule has 0 aliphatic carbocycles. The molecule has 1 aliphatic heterocycles. The third-order valence-electron chi connectivity index (χ3n) is 4.29. The Hall–Kier alpha value is -1.44. The summed E-state index contributed by atoms with van der Waals surface area (Å²) in [5.74, 6) is -0.0195. The summed E-state index contributed by atoms with van der Waals surface area (Å²) in [6, 6.07) is 6.45. The van der Waals surface area contributed by atoms with Crippen molar-refractivity contribution in [3.05, 3.63) is 29.8 Å². The predicted molar refractivity (Wildman–Crippen MR) is 93.4 cm³/mol. The molecular weight excluding hydrogens is 326 g/mol. The average Bonchev–Trinajstić information content (AvgIpc) is 2.54. The zero-order chi connectivity index (χ0) is 17.6. The zero-order valence-electron chi connectivity index (χ0n) is 14.5. The quantitative estimate of drug-likeness (QED) is 0.637. The summed E-state index contributed by atoms with van der Waals surface area (Å²) < 4.78 is 27.0. The number of aryl methyl sites for hydroxylation is 1. The smallest absolute Gasteiger partial charge is 0.275 e. The summed E-state index contributed by atoms with van der Waals surface area (Å²) in [5, 5.41) is 2.87. The van der Waals surface area contributed by atoms with Crippen LogP contribution in [0.25, 0.3) is 0 Å². The van der Waals surface area contributed by atoms with Crippen LogP contribution in [0.15, 0.2) is 29.2 Å². The number of carbonyl (C=O) groups is 1. The normalized spacial score (nSPS) is 17.4. The SMILES string of the molecule is Cc1ccc(S(=O)(=O)NC[C@@H](C)NC(=O)C[NH+]2CCCCC2)cc1. The van der Waals surface area contributed by atoms with Crippen molar-refractivity contribution in [3.8, 4) is 0 Å². The monoisotopic (exact) mass is 354 g/mol. The molecule has 7 heteroatoms. The van der Waals surface area contributed by atoms with Crippen LogP contribution in [0, 0.1) is 6.92 Å². The standard InChI is InChI=1S/C17H27N3O3S/c1-14-6-8-16(9-7-14)24(22,23)18-12-15(2)19-17(21)13-20-10-4-3-5-11-20/h6-9,15,18H,3-5,10-13H2,1-2H3,(H,19,21)/p+1/t15-/m1/s1. The third kappa shape index (κ3) is 5.89. The Labute approximate surface area is 144 Å². The Bertz CT molecular complexity index is 638. The number of piperidine rings is 1. The van der Waals surface area contributed by atoms with E-state index in [1.54, 1.807) is 31.2 Å². The summed E-state index contributed by atoms with van der Waals surface area (Å²) in [5.41, 5.74) is 1.01. The molecule has 1 aromatic carbocycles. The second-order valence-electron chi connectivity index (χ2n) is 6.62. The van der Waals surface area contributed by atoms with Crippen molar-refractivity contribution in [1.29, 1.82) is 0 Å². The highest BCUT2D eigenvalue weighted by atomic mass is 32.2. The maximum Gasteiger partial charge on any atom is 0.275 e. The molecular formula is C17H28N3O3S+. The molecule has 3 N–H and O–H groups in total. The number of amides is 1. The second kappa shape index (κ2) is 8.60. The highest BCUT2D eigenvalue weighted by Gasteiger charge is 2.19. The van der Waals surface area contributed by atoms with Gasteiger partial charge < -0.3 is 10.2 Å². The van der Waals surface area contributed by atoms with Gasteiger partial charge in [-0.3, -0.25) is 4.79 Å². The number of nitrogens with one attached hydrogen (secondary N) is 3. The number of carbonyl (C=O) groups excluding carboxylic acids is 1. The number of hydrogen-bond donors (Lipinski definition) is 3. The Kier molecular flexibility index (Phi) is 6.77. The van der Waals surface area contributed by atoms with E-state index in [2.05, 4.69) is 10.0 Å². The van der Waals surface area contributed by atoms with E-state index >= 15 is 0 Å². The van der Waals surface area contributed by atoms with Gasteiger partial charge in [0.05, 0.1) is 18.0 Å². The Balaban J connectivity index is 1.78. The van der Waals surface area contributed by atoms with Crippen molar-refractivity contribution >= 4 is 15.9 Å². The van der Waals surface area contributed by atoms with Gasteiger partial charge in [0.15, 0.2) is 6.54 Å². The molecule has 1 saturated heterocycles. The van der Waals surface area contributed by atoms with Gasteiger partial charge in [-0.25, -0.2) is 13.1 Å². The summed E-state index contributed by atoms with van der Waals surface area (Å²) in [6.07, 6.45) is 3.60. The van der Waals surface area contributed by atoms with Gasteiger partial charge in [-0.1, -0.05) is 17.7 Å². The van der Waals surface area contributed by atoms with Crippen molar-refractivity contribution < 1.29 is 18.1 Å². The fourth-order valence-electron chi connectivity index (χ4n) is 2.87. The number of sulfonamides is 1. The Morgan fingerprint density at radius 3 is 2.42 bits per heavy atom. The molecule has 0 bridgehead atoms. The minimum Gasteiger partial charge on any atom is -0.347 e. The van der Waals surface area contributed by atoms with Crippen LogP contribution in [0.1, 0.15) is 31.7 Å². The van der Waals surface area contributed by atoms with Crippen molar-refractivity contribution in [2.24, 2.45) is 0 Å². The fourth-order valence-corrected chi connectivity index (χ4v) is 4.00. The summed E-state index contributed by atoms with van der Waals surface area (Å²) in [6.45, 7) is 6.45. The van der Waals surface area contributed by atoms with Gasteiger partial charge in [-0.2, -0.15) is 0 Å². The zero-order valence-corrected chi connectivity index (χ0v) is 15.3. The van der Waals surface area contributed by atoms with Gasteiger partial charge in [-0.15, -0.1) is 0 Å². The first-order chi connectivity index (χ1) is 11.4. The number of benzene rings is 1. The van der Waals surface area contributed by atoms with E-state index in [0.29, 0.717) is 6.54 Å². The molecule has 0 unspecified atom stereocenters. The highest BCUT2D eigenvalue weighted by molar-refractivity contribution is 7.89. The molecule has 134 valence electrons. The molecule has 2 rings (SSSR count). The van der Waals surface area contributed by atoms with Crippen molar-refractivity contribution in [2.45, 2.75) is 44.0 Å². The van der Waals surface area contributed by atoms with Crippen molar-refractivity contribution in [3.63, 3.8) is 0 Å². The third-order valence-corrected chi connectivity index (χ3v) is 5.73. The molecule has 1 heterocycles. The van der Waals surface area contributed by atoms with Gasteiger partial charge in [0.25, 0.3) is 5.91 Å². The second-order valence-corrected chi connectivity index (χ2v) is 8.39. The lowest BCUT2D eigenvalue weighted by molar-refractivity contribution is -0.896. The molecule has 24 heavy (non-hydrogen) atoms. The fraction of sp³-hybridized carbons (Fsp3) is 0.588. The molecule has 1 atom stereocenters. The average molecular weight is 354 g/mol. The van der Waals surface area contributed by atoms with Crippen LogP contribution in [0.3, 0.4) is 0 Å². The topological polar surface area (TPSA) is 79.7 Å². The summed E-state index contributed by atoms with van der Waals surface area (Å²) >= 11 is 0. The molecule has 1 aromatic rings. The van der Waals surface area contributed by atoms with Crippen LogP contribution in [0.4, 0.5) is 0 Å². The lowest BCUT2D eigenvalue weighted by atomic mass is 10.1. The van der Waals surface area contributed by atoms with Gasteiger partial charge in [0.1, 0.15) is 0 Å². The van der Waals surface area contributed by atoms with E-state index in [1.165, 1.54) is 24.2 Å². The summed E-state index contributed by atoms with van der Waals surface area (Å²) in [4.78, 5) is 13.6. The molecule has 6 nitrogen and oxygen atoms in total. The Morgan fingerprint density at radius 1 is 1.17 bits per heavy atom. The summed E-state index contributed by atoms with van der Waals surface area (Å²) in [7, 11) is -3.54. The molecule has 0 radical (unpaired) electrons. The van der Waals surface area contributed by atoms with Crippen LogP contribution in [-0.4, -0.2) is 46.5 Å². The van der Waals surface area contributed by atoms with E-state index in [-0.39, 0.29) is 23.4 Å². The first-order valence-electron chi connectivity index (χ1n) is 8.56. The van der Waals surface area contributed by atoms with Crippen molar-refractivity contribution in [1.82, 2.24) is 10.0 Å². The van der Waals surface area contributed by atoms with Gasteiger partial charge >= 0.3 is 0 Å². The van der Waals surface area contributed by atoms with Crippen LogP contribution in [0.5, 0.6) is 0 Å². The van der Waals surface area contributed by atoms with Gasteiger partial charge in [0, 0.05) is 12.6 Å². The van der Waals surface area contributed by atoms with Gasteiger partial charge in [0.2, 0.25) is 10.0 Å².